The number of nitrogens with zero attached hydrogens (tertiary/aromatic N) is 1. The molecule has 0 saturated heterocycles. The number of hydrazone groups is 1. The fourth-order valence-electron chi connectivity index (χ4n) is 3.15. The van der Waals surface area contributed by atoms with Crippen molar-refractivity contribution in [2.75, 3.05) is 0 Å². The van der Waals surface area contributed by atoms with Crippen LogP contribution >= 0.6 is 23.2 Å². The molecule has 0 aliphatic heterocycles. The first-order chi connectivity index (χ1) is 15.5. The lowest BCUT2D eigenvalue weighted by atomic mass is 10.0. The molecule has 4 aromatic rings. The number of carbonyl (C=O) groups is 1. The molecule has 2 N–H and O–H groups in total. The molecule has 4 rings (SSSR count). The van der Waals surface area contributed by atoms with E-state index in [1.54, 1.807) is 6.21 Å². The number of ether oxygens (including phenoxy) is 1. The number of carbonyl (C=O) groups excluding carboxylic acids is 1. The first-order valence-corrected chi connectivity index (χ1v) is 10.5. The van der Waals surface area contributed by atoms with Gasteiger partial charge in [0.2, 0.25) is 0 Å². The highest BCUT2D eigenvalue weighted by Gasteiger charge is 2.09. The molecule has 0 fully saturated rings. The molecule has 160 valence electrons. The number of nitrogens with one attached hydrogen (secondary N) is 1. The summed E-state index contributed by atoms with van der Waals surface area (Å²) >= 11 is 11.8. The third-order valence-corrected chi connectivity index (χ3v) is 5.36. The highest BCUT2D eigenvalue weighted by molar-refractivity contribution is 6.32. The molecular formula is C25H18Cl2N2O3. The van der Waals surface area contributed by atoms with Crippen LogP contribution in [0, 0.1) is 0 Å². The Balaban J connectivity index is 1.50. The summed E-state index contributed by atoms with van der Waals surface area (Å²) in [5.41, 5.74) is 4.60. The van der Waals surface area contributed by atoms with Gasteiger partial charge >= 0.3 is 0 Å². The van der Waals surface area contributed by atoms with E-state index in [2.05, 4.69) is 10.5 Å². The lowest BCUT2D eigenvalue weighted by Gasteiger charge is -2.11. The van der Waals surface area contributed by atoms with Crippen LogP contribution in [0.1, 0.15) is 21.5 Å². The predicted octanol–water partition coefficient (Wildman–Crippen LogP) is 6.20. The second-order valence-electron chi connectivity index (χ2n) is 6.98. The minimum atomic E-state index is -0.435. The molecule has 5 nitrogen and oxygen atoms in total. The van der Waals surface area contributed by atoms with Crippen molar-refractivity contribution in [3.63, 3.8) is 0 Å². The molecule has 0 radical (unpaired) electrons. The lowest BCUT2D eigenvalue weighted by Crippen LogP contribution is -2.17. The zero-order valence-corrected chi connectivity index (χ0v) is 18.3. The third kappa shape index (κ3) is 5.02. The molecule has 32 heavy (non-hydrogen) atoms. The topological polar surface area (TPSA) is 70.9 Å². The number of hydrogen-bond donors (Lipinski definition) is 2. The maximum absolute atomic E-state index is 12.3. The summed E-state index contributed by atoms with van der Waals surface area (Å²) in [4.78, 5) is 12.3. The molecule has 0 atom stereocenters. The lowest BCUT2D eigenvalue weighted by molar-refractivity contribution is 0.0955. The largest absolute Gasteiger partial charge is 0.506 e. The standard InChI is InChI=1S/C25H18Cl2N2O3/c26-19-9-5-16(6-10-19)15-32-24-12-8-18(20-3-1-2-4-21(20)24)14-28-29-25(31)17-7-11-23(30)22(27)13-17/h1-14,30H,15H2,(H,29,31)/b28-14+. The van der Waals surface area contributed by atoms with Crippen molar-refractivity contribution >= 4 is 46.1 Å². The van der Waals surface area contributed by atoms with Crippen LogP contribution in [0.15, 0.2) is 84.0 Å². The number of aromatic hydroxyl groups is 1. The van der Waals surface area contributed by atoms with Crippen LogP contribution in [-0.2, 0) is 6.61 Å². The van der Waals surface area contributed by atoms with E-state index in [-0.39, 0.29) is 10.8 Å². The number of hydrogen-bond acceptors (Lipinski definition) is 4. The monoisotopic (exact) mass is 464 g/mol. The number of fused-ring (bicyclic) bond motifs is 1. The van der Waals surface area contributed by atoms with Gasteiger partial charge in [-0.2, -0.15) is 5.10 Å². The smallest absolute Gasteiger partial charge is 0.271 e. The molecule has 0 aliphatic carbocycles. The van der Waals surface area contributed by atoms with E-state index in [4.69, 9.17) is 27.9 Å². The summed E-state index contributed by atoms with van der Waals surface area (Å²) in [6.07, 6.45) is 1.57. The number of benzene rings is 4. The van der Waals surface area contributed by atoms with Crippen LogP contribution in [-0.4, -0.2) is 17.2 Å². The first kappa shape index (κ1) is 21.7. The number of phenolic OH excluding ortho intramolecular Hbond substituents is 1. The highest BCUT2D eigenvalue weighted by atomic mass is 35.5. The van der Waals surface area contributed by atoms with E-state index in [9.17, 15) is 9.90 Å². The minimum absolute atomic E-state index is 0.0865. The van der Waals surface area contributed by atoms with Crippen molar-refractivity contribution in [1.82, 2.24) is 5.43 Å². The van der Waals surface area contributed by atoms with Gasteiger partial charge in [-0.05, 0) is 53.4 Å². The molecule has 1 amide bonds. The van der Waals surface area contributed by atoms with Crippen LogP contribution in [0.4, 0.5) is 0 Å². The summed E-state index contributed by atoms with van der Waals surface area (Å²) in [5.74, 6) is 0.224. The van der Waals surface area contributed by atoms with Crippen molar-refractivity contribution in [2.45, 2.75) is 6.61 Å². The number of rotatable bonds is 6. The maximum Gasteiger partial charge on any atom is 0.271 e. The van der Waals surface area contributed by atoms with Crippen LogP contribution < -0.4 is 10.2 Å². The molecule has 0 aliphatic rings. The van der Waals surface area contributed by atoms with Gasteiger partial charge in [0, 0.05) is 21.5 Å². The van der Waals surface area contributed by atoms with Crippen molar-refractivity contribution in [3.05, 3.63) is 106 Å². The summed E-state index contributed by atoms with van der Waals surface area (Å²) in [6, 6.07) is 23.3. The summed E-state index contributed by atoms with van der Waals surface area (Å²) < 4.78 is 6.03. The van der Waals surface area contributed by atoms with Gasteiger partial charge in [-0.1, -0.05) is 59.6 Å². The molecule has 0 spiro atoms. The molecule has 0 aromatic heterocycles. The zero-order chi connectivity index (χ0) is 22.5. The summed E-state index contributed by atoms with van der Waals surface area (Å²) in [5, 5.41) is 16.2. The van der Waals surface area contributed by atoms with Gasteiger partial charge in [0.15, 0.2) is 0 Å². The Morgan fingerprint density at radius 1 is 0.969 bits per heavy atom. The van der Waals surface area contributed by atoms with Gasteiger partial charge in [-0.3, -0.25) is 4.79 Å². The van der Waals surface area contributed by atoms with Crippen molar-refractivity contribution in [2.24, 2.45) is 5.10 Å². The molecule has 0 heterocycles. The Kier molecular flexibility index (Phi) is 6.59. The van der Waals surface area contributed by atoms with E-state index in [1.807, 2.05) is 60.7 Å². The van der Waals surface area contributed by atoms with Gasteiger partial charge < -0.3 is 9.84 Å². The minimum Gasteiger partial charge on any atom is -0.506 e. The second kappa shape index (κ2) is 9.73. The fourth-order valence-corrected chi connectivity index (χ4v) is 3.45. The van der Waals surface area contributed by atoms with E-state index >= 15 is 0 Å². The zero-order valence-electron chi connectivity index (χ0n) is 16.8. The molecule has 4 aromatic carbocycles. The van der Waals surface area contributed by atoms with E-state index in [0.29, 0.717) is 17.2 Å². The Morgan fingerprint density at radius 2 is 1.72 bits per heavy atom. The summed E-state index contributed by atoms with van der Waals surface area (Å²) in [7, 11) is 0. The molecule has 7 heteroatoms. The number of amides is 1. The molecule has 0 unspecified atom stereocenters. The quantitative estimate of drug-likeness (QED) is 0.263. The molecular weight excluding hydrogens is 447 g/mol. The van der Waals surface area contributed by atoms with Gasteiger partial charge in [-0.15, -0.1) is 0 Å². The summed E-state index contributed by atoms with van der Waals surface area (Å²) in [6.45, 7) is 0.417. The Morgan fingerprint density at radius 3 is 2.47 bits per heavy atom. The SMILES string of the molecule is O=C(N/N=C/c1ccc(OCc2ccc(Cl)cc2)c2ccccc12)c1ccc(O)c(Cl)c1. The van der Waals surface area contributed by atoms with Crippen LogP contribution in [0.25, 0.3) is 10.8 Å². The second-order valence-corrected chi connectivity index (χ2v) is 7.82. The van der Waals surface area contributed by atoms with Gasteiger partial charge in [0.25, 0.3) is 5.91 Å². The normalized spacial score (nSPS) is 11.1. The Hall–Kier alpha value is -3.54. The average molecular weight is 465 g/mol. The van der Waals surface area contributed by atoms with Gasteiger partial charge in [0.1, 0.15) is 18.1 Å². The highest BCUT2D eigenvalue weighted by Crippen LogP contribution is 2.29. The van der Waals surface area contributed by atoms with Crippen molar-refractivity contribution in [3.8, 4) is 11.5 Å². The van der Waals surface area contributed by atoms with Crippen molar-refractivity contribution in [1.29, 1.82) is 0 Å². The first-order valence-electron chi connectivity index (χ1n) is 9.72. The Labute approximate surface area is 194 Å². The number of phenols is 1. The van der Waals surface area contributed by atoms with E-state index in [0.717, 1.165) is 27.6 Å². The van der Waals surface area contributed by atoms with Crippen LogP contribution in [0.3, 0.4) is 0 Å². The van der Waals surface area contributed by atoms with Gasteiger partial charge in [-0.25, -0.2) is 5.43 Å². The molecule has 0 bridgehead atoms. The Bertz CT molecular complexity index is 1300. The van der Waals surface area contributed by atoms with Gasteiger partial charge in [0.05, 0.1) is 11.2 Å². The fraction of sp³-hybridized carbons (Fsp3) is 0.0400. The third-order valence-electron chi connectivity index (χ3n) is 4.80. The van der Waals surface area contributed by atoms with E-state index < -0.39 is 5.91 Å². The number of halogens is 2. The maximum atomic E-state index is 12.3. The van der Waals surface area contributed by atoms with Crippen LogP contribution in [0.2, 0.25) is 10.0 Å². The van der Waals surface area contributed by atoms with Crippen molar-refractivity contribution < 1.29 is 14.6 Å². The average Bonchev–Trinajstić information content (AvgIpc) is 2.81. The van der Waals surface area contributed by atoms with E-state index in [1.165, 1.54) is 18.2 Å². The van der Waals surface area contributed by atoms with Crippen LogP contribution in [0.5, 0.6) is 11.5 Å². The predicted molar refractivity (Wildman–Crippen MR) is 128 cm³/mol. The molecule has 0 saturated carbocycles.